The van der Waals surface area contributed by atoms with Gasteiger partial charge >= 0.3 is 7.80 Å². The Bertz CT molecular complexity index is 188. The molecule has 0 saturated heterocycles. The van der Waals surface area contributed by atoms with Gasteiger partial charge in [-0.05, 0) is 12.5 Å². The molecular formula is C7H8OP+. The Labute approximate surface area is 55.9 Å². The van der Waals surface area contributed by atoms with Gasteiger partial charge in [0, 0.05) is 0 Å². The maximum absolute atomic E-state index is 10.8. The van der Waals surface area contributed by atoms with Crippen LogP contribution in [0.1, 0.15) is 6.42 Å². The van der Waals surface area contributed by atoms with Crippen molar-refractivity contribution in [1.29, 1.82) is 0 Å². The van der Waals surface area contributed by atoms with Gasteiger partial charge in [-0.2, -0.15) is 0 Å². The summed E-state index contributed by atoms with van der Waals surface area (Å²) in [6.07, 6.45) is 8.65. The van der Waals surface area contributed by atoms with Crippen molar-refractivity contribution in [2.24, 2.45) is 5.92 Å². The van der Waals surface area contributed by atoms with Crippen molar-refractivity contribution in [3.8, 4) is 12.3 Å². The molecule has 0 spiro atoms. The van der Waals surface area contributed by atoms with Crippen LogP contribution in [0.25, 0.3) is 0 Å². The van der Waals surface area contributed by atoms with E-state index >= 15 is 0 Å². The molecule has 0 N–H and O–H groups in total. The van der Waals surface area contributed by atoms with Crippen LogP contribution in [-0.4, -0.2) is 6.16 Å². The average molecular weight is 139 g/mol. The number of terminal acetylenes is 1. The molecule has 2 heteroatoms. The highest BCUT2D eigenvalue weighted by Gasteiger charge is 2.21. The first-order valence-electron chi connectivity index (χ1n) is 2.89. The van der Waals surface area contributed by atoms with Gasteiger partial charge in [-0.25, -0.2) is 0 Å². The summed E-state index contributed by atoms with van der Waals surface area (Å²) in [6, 6.07) is 0. The quantitative estimate of drug-likeness (QED) is 0.370. The summed E-state index contributed by atoms with van der Waals surface area (Å²) in [5.41, 5.74) is 0. The highest BCUT2D eigenvalue weighted by atomic mass is 31.1. The lowest BCUT2D eigenvalue weighted by molar-refractivity contribution is 0.585. The minimum absolute atomic E-state index is 0.221. The van der Waals surface area contributed by atoms with Gasteiger partial charge in [-0.15, -0.1) is 6.42 Å². The van der Waals surface area contributed by atoms with Crippen molar-refractivity contribution < 1.29 is 4.57 Å². The minimum Gasteiger partial charge on any atom is -0.120 e. The molecule has 0 amide bonds. The highest BCUT2D eigenvalue weighted by Crippen LogP contribution is 2.31. The van der Waals surface area contributed by atoms with E-state index in [4.69, 9.17) is 6.42 Å². The fourth-order valence-electron chi connectivity index (χ4n) is 0.816. The van der Waals surface area contributed by atoms with E-state index in [0.29, 0.717) is 6.16 Å². The Hall–Kier alpha value is -0.600. The number of hydrogen-bond acceptors (Lipinski definition) is 1. The first-order valence-corrected chi connectivity index (χ1v) is 4.41. The third-order valence-corrected chi connectivity index (χ3v) is 2.67. The maximum atomic E-state index is 10.8. The van der Waals surface area contributed by atoms with Crippen LogP contribution in [0, 0.1) is 18.3 Å². The molecule has 0 aromatic rings. The predicted octanol–water partition coefficient (Wildman–Crippen LogP) is 1.98. The lowest BCUT2D eigenvalue weighted by Gasteiger charge is -2.00. The fourth-order valence-corrected chi connectivity index (χ4v) is 1.98. The Morgan fingerprint density at radius 2 is 2.56 bits per heavy atom. The summed E-state index contributed by atoms with van der Waals surface area (Å²) in [5.74, 6) is 4.57. The van der Waals surface area contributed by atoms with Gasteiger partial charge in [0.15, 0.2) is 12.0 Å². The summed E-state index contributed by atoms with van der Waals surface area (Å²) >= 11 is 0. The standard InChI is InChI=1S/C7H8OP/c1-2-7-4-3-5-9(8)6-7/h1,3,5,7H,4,6H2/q+1. The van der Waals surface area contributed by atoms with Gasteiger partial charge in [-0.1, -0.05) is 10.5 Å². The topological polar surface area (TPSA) is 17.1 Å². The second-order valence-corrected chi connectivity index (χ2v) is 3.58. The Morgan fingerprint density at radius 3 is 3.00 bits per heavy atom. The van der Waals surface area contributed by atoms with Crippen LogP contribution in [0.4, 0.5) is 0 Å². The van der Waals surface area contributed by atoms with Crippen LogP contribution >= 0.6 is 7.80 Å². The van der Waals surface area contributed by atoms with Crippen molar-refractivity contribution in [3.05, 3.63) is 11.9 Å². The molecule has 1 aliphatic heterocycles. The Kier molecular flexibility index (Phi) is 2.03. The molecule has 1 heterocycles. The zero-order valence-corrected chi connectivity index (χ0v) is 5.97. The van der Waals surface area contributed by atoms with Gasteiger partial charge in [0.05, 0.1) is 5.92 Å². The molecule has 0 aliphatic carbocycles. The van der Waals surface area contributed by atoms with Gasteiger partial charge in [0.2, 0.25) is 0 Å². The normalized spacial score (nSPS) is 29.7. The predicted molar refractivity (Wildman–Crippen MR) is 38.6 cm³/mol. The smallest absolute Gasteiger partial charge is 0.120 e. The molecule has 2 unspecified atom stereocenters. The van der Waals surface area contributed by atoms with Crippen molar-refractivity contribution in [2.75, 3.05) is 6.16 Å². The molecule has 0 aromatic heterocycles. The van der Waals surface area contributed by atoms with Crippen LogP contribution in [0.3, 0.4) is 0 Å². The van der Waals surface area contributed by atoms with Crippen molar-refractivity contribution in [3.63, 3.8) is 0 Å². The SMILES string of the molecule is C#CC1CC=C[P+](=O)C1. The van der Waals surface area contributed by atoms with Crippen molar-refractivity contribution >= 4 is 7.80 Å². The van der Waals surface area contributed by atoms with E-state index in [2.05, 4.69) is 5.92 Å². The van der Waals surface area contributed by atoms with E-state index in [1.807, 2.05) is 6.08 Å². The summed E-state index contributed by atoms with van der Waals surface area (Å²) in [6.45, 7) is 0. The summed E-state index contributed by atoms with van der Waals surface area (Å²) in [5, 5.41) is 0. The van der Waals surface area contributed by atoms with E-state index < -0.39 is 7.80 Å². The van der Waals surface area contributed by atoms with E-state index in [1.54, 1.807) is 5.82 Å². The molecule has 2 atom stereocenters. The monoisotopic (exact) mass is 139 g/mol. The summed E-state index contributed by atoms with van der Waals surface area (Å²) in [4.78, 5) is 0. The third kappa shape index (κ3) is 1.66. The van der Waals surface area contributed by atoms with Crippen molar-refractivity contribution in [2.45, 2.75) is 6.42 Å². The van der Waals surface area contributed by atoms with E-state index in [1.165, 1.54) is 0 Å². The Balaban J connectivity index is 2.60. The lowest BCUT2D eigenvalue weighted by Crippen LogP contribution is -2.00. The molecule has 1 nitrogen and oxygen atoms in total. The molecular weight excluding hydrogens is 131 g/mol. The van der Waals surface area contributed by atoms with Gasteiger partial charge in [0.1, 0.15) is 0 Å². The fraction of sp³-hybridized carbons (Fsp3) is 0.429. The van der Waals surface area contributed by atoms with Crippen molar-refractivity contribution in [1.82, 2.24) is 0 Å². The molecule has 0 saturated carbocycles. The van der Waals surface area contributed by atoms with E-state index in [9.17, 15) is 4.57 Å². The van der Waals surface area contributed by atoms with Crippen LogP contribution in [0.5, 0.6) is 0 Å². The number of allylic oxidation sites excluding steroid dienone is 1. The molecule has 0 fully saturated rings. The second kappa shape index (κ2) is 2.80. The van der Waals surface area contributed by atoms with E-state index in [0.717, 1.165) is 6.42 Å². The minimum atomic E-state index is -1.11. The van der Waals surface area contributed by atoms with Gasteiger partial charge in [0.25, 0.3) is 0 Å². The van der Waals surface area contributed by atoms with Crippen LogP contribution in [0.2, 0.25) is 0 Å². The number of rotatable bonds is 0. The molecule has 0 radical (unpaired) electrons. The second-order valence-electron chi connectivity index (χ2n) is 2.08. The lowest BCUT2D eigenvalue weighted by atomic mass is 10.1. The zero-order chi connectivity index (χ0) is 6.69. The molecule has 0 aromatic carbocycles. The number of hydrogen-bond donors (Lipinski definition) is 0. The van der Waals surface area contributed by atoms with Crippen LogP contribution < -0.4 is 0 Å². The van der Waals surface area contributed by atoms with Gasteiger partial charge in [-0.3, -0.25) is 0 Å². The third-order valence-electron chi connectivity index (χ3n) is 1.33. The first kappa shape index (κ1) is 6.52. The maximum Gasteiger partial charge on any atom is 0.370 e. The molecule has 46 valence electrons. The largest absolute Gasteiger partial charge is 0.370 e. The first-order chi connectivity index (χ1) is 4.33. The molecule has 9 heavy (non-hydrogen) atoms. The summed E-state index contributed by atoms with van der Waals surface area (Å²) in [7, 11) is -1.11. The summed E-state index contributed by atoms with van der Waals surface area (Å²) < 4.78 is 10.8. The highest BCUT2D eigenvalue weighted by molar-refractivity contribution is 7.48. The molecule has 1 aliphatic rings. The average Bonchev–Trinajstić information content (AvgIpc) is 1.88. The molecule has 0 bridgehead atoms. The Morgan fingerprint density at radius 1 is 1.78 bits per heavy atom. The van der Waals surface area contributed by atoms with Crippen LogP contribution in [-0.2, 0) is 4.57 Å². The zero-order valence-electron chi connectivity index (χ0n) is 5.08. The van der Waals surface area contributed by atoms with Gasteiger partial charge < -0.3 is 0 Å². The van der Waals surface area contributed by atoms with E-state index in [-0.39, 0.29) is 5.92 Å². The molecule has 1 rings (SSSR count). The van der Waals surface area contributed by atoms with Crippen LogP contribution in [0.15, 0.2) is 11.9 Å².